The molecule has 3 aromatic carbocycles. The van der Waals surface area contributed by atoms with Gasteiger partial charge in [0.05, 0.1) is 21.3 Å². The number of aryl methyl sites for hydroxylation is 1. The van der Waals surface area contributed by atoms with Gasteiger partial charge in [-0.15, -0.1) is 0 Å². The van der Waals surface area contributed by atoms with Crippen LogP contribution in [0.5, 0.6) is 0 Å². The Balaban J connectivity index is 1.32. The number of nitrogens with zero attached hydrogens (tertiary/aromatic N) is 2. The maximum Gasteiger partial charge on any atom is 0.258 e. The van der Waals surface area contributed by atoms with Gasteiger partial charge < -0.3 is 10.2 Å². The summed E-state index contributed by atoms with van der Waals surface area (Å²) in [6.45, 7) is 6.30. The second-order valence-electron chi connectivity index (χ2n) is 8.41. The maximum atomic E-state index is 12.5. The van der Waals surface area contributed by atoms with E-state index in [2.05, 4.69) is 26.5 Å². The molecule has 182 valence electrons. The predicted molar refractivity (Wildman–Crippen MR) is 150 cm³/mol. The minimum atomic E-state index is -0.370. The lowest BCUT2D eigenvalue weighted by Crippen LogP contribution is -2.46. The van der Waals surface area contributed by atoms with E-state index in [1.807, 2.05) is 49.4 Å². The number of rotatable bonds is 5. The monoisotopic (exact) mass is 546 g/mol. The first-order chi connectivity index (χ1) is 16.8. The molecular weight excluding hydrogens is 523 g/mol. The molecule has 4 rings (SSSR count). The molecule has 0 radical (unpaired) electrons. The standard InChI is InChI=1S/C26H25Cl3N4OS/c1-17-6-8-20(22(28)14-17)25(34)31-26(35)30-19-7-9-24(23(29)15-19)33-12-10-32(11-13-33)16-18-4-2-3-5-21(18)27/h2-9,14-15H,10-13,16H2,1H3,(H2,30,31,34,35). The summed E-state index contributed by atoms with van der Waals surface area (Å²) in [7, 11) is 0. The van der Waals surface area contributed by atoms with Crippen molar-refractivity contribution in [2.75, 3.05) is 36.4 Å². The van der Waals surface area contributed by atoms with Crippen LogP contribution in [-0.4, -0.2) is 42.1 Å². The van der Waals surface area contributed by atoms with E-state index in [1.54, 1.807) is 12.1 Å². The van der Waals surface area contributed by atoms with Gasteiger partial charge in [0.1, 0.15) is 0 Å². The zero-order chi connectivity index (χ0) is 24.9. The number of benzene rings is 3. The summed E-state index contributed by atoms with van der Waals surface area (Å²) in [4.78, 5) is 17.2. The number of thiocarbonyl (C=S) groups is 1. The Bertz CT molecular complexity index is 1250. The Morgan fingerprint density at radius 3 is 2.34 bits per heavy atom. The zero-order valence-electron chi connectivity index (χ0n) is 19.2. The van der Waals surface area contributed by atoms with Gasteiger partial charge in [-0.3, -0.25) is 15.0 Å². The van der Waals surface area contributed by atoms with Gasteiger partial charge in [0, 0.05) is 43.4 Å². The Kier molecular flexibility index (Phi) is 8.52. The Labute approximate surface area is 226 Å². The summed E-state index contributed by atoms with van der Waals surface area (Å²) < 4.78 is 0. The third-order valence-corrected chi connectivity index (χ3v) is 7.05. The van der Waals surface area contributed by atoms with Crippen molar-refractivity contribution in [1.82, 2.24) is 10.2 Å². The minimum Gasteiger partial charge on any atom is -0.368 e. The number of amides is 1. The largest absolute Gasteiger partial charge is 0.368 e. The van der Waals surface area contributed by atoms with Gasteiger partial charge in [0.15, 0.2) is 5.11 Å². The predicted octanol–water partition coefficient (Wildman–Crippen LogP) is 6.40. The minimum absolute atomic E-state index is 0.170. The van der Waals surface area contributed by atoms with Crippen molar-refractivity contribution in [1.29, 1.82) is 0 Å². The molecule has 9 heteroatoms. The first-order valence-electron chi connectivity index (χ1n) is 11.2. The Morgan fingerprint density at radius 1 is 0.914 bits per heavy atom. The van der Waals surface area contributed by atoms with Gasteiger partial charge in [-0.2, -0.15) is 0 Å². The lowest BCUT2D eigenvalue weighted by Gasteiger charge is -2.36. The molecule has 3 aromatic rings. The van der Waals surface area contributed by atoms with Crippen LogP contribution >= 0.6 is 47.0 Å². The number of hydrogen-bond donors (Lipinski definition) is 2. The lowest BCUT2D eigenvalue weighted by molar-refractivity contribution is 0.0978. The smallest absolute Gasteiger partial charge is 0.258 e. The molecule has 0 saturated carbocycles. The van der Waals surface area contributed by atoms with Gasteiger partial charge in [-0.1, -0.05) is 59.1 Å². The molecule has 1 aliphatic heterocycles. The van der Waals surface area contributed by atoms with E-state index < -0.39 is 0 Å². The van der Waals surface area contributed by atoms with Crippen molar-refractivity contribution in [2.45, 2.75) is 13.5 Å². The summed E-state index contributed by atoms with van der Waals surface area (Å²) in [6.07, 6.45) is 0. The van der Waals surface area contributed by atoms with Gasteiger partial charge >= 0.3 is 0 Å². The van der Waals surface area contributed by atoms with E-state index in [1.165, 1.54) is 0 Å². The number of carbonyl (C=O) groups excluding carboxylic acids is 1. The highest BCUT2D eigenvalue weighted by Crippen LogP contribution is 2.30. The van der Waals surface area contributed by atoms with Gasteiger partial charge in [0.2, 0.25) is 0 Å². The molecule has 0 bridgehead atoms. The summed E-state index contributed by atoms with van der Waals surface area (Å²) >= 11 is 24.4. The van der Waals surface area contributed by atoms with Crippen LogP contribution in [0.4, 0.5) is 11.4 Å². The second kappa shape index (κ2) is 11.6. The number of hydrogen-bond acceptors (Lipinski definition) is 4. The summed E-state index contributed by atoms with van der Waals surface area (Å²) in [5.74, 6) is -0.370. The van der Waals surface area contributed by atoms with Crippen LogP contribution in [0, 0.1) is 6.92 Å². The van der Waals surface area contributed by atoms with Crippen LogP contribution in [0.15, 0.2) is 60.7 Å². The average Bonchev–Trinajstić information content (AvgIpc) is 2.81. The fourth-order valence-electron chi connectivity index (χ4n) is 3.99. The van der Waals surface area contributed by atoms with Crippen LogP contribution in [0.25, 0.3) is 0 Å². The van der Waals surface area contributed by atoms with E-state index in [0.29, 0.717) is 21.3 Å². The fraction of sp³-hybridized carbons (Fsp3) is 0.231. The Hall–Kier alpha value is -2.35. The van der Waals surface area contributed by atoms with E-state index in [-0.39, 0.29) is 11.0 Å². The molecule has 1 amide bonds. The molecule has 1 heterocycles. The fourth-order valence-corrected chi connectivity index (χ4v) is 5.02. The lowest BCUT2D eigenvalue weighted by atomic mass is 10.1. The van der Waals surface area contributed by atoms with Crippen molar-refractivity contribution in [3.8, 4) is 0 Å². The molecule has 1 saturated heterocycles. The van der Waals surface area contributed by atoms with Gasteiger partial charge in [0.25, 0.3) is 5.91 Å². The van der Waals surface area contributed by atoms with Crippen LogP contribution in [0.2, 0.25) is 15.1 Å². The summed E-state index contributed by atoms with van der Waals surface area (Å²) in [5.41, 5.74) is 4.14. The molecule has 0 aromatic heterocycles. The van der Waals surface area contributed by atoms with Gasteiger partial charge in [-0.05, 0) is 66.7 Å². The molecule has 5 nitrogen and oxygen atoms in total. The molecule has 0 atom stereocenters. The average molecular weight is 548 g/mol. The van der Waals surface area contributed by atoms with E-state index >= 15 is 0 Å². The number of nitrogens with one attached hydrogen (secondary N) is 2. The molecule has 0 spiro atoms. The third-order valence-electron chi connectivity index (χ3n) is 5.87. The number of anilines is 2. The van der Waals surface area contributed by atoms with Gasteiger partial charge in [-0.25, -0.2) is 0 Å². The van der Waals surface area contributed by atoms with Crippen LogP contribution in [0.3, 0.4) is 0 Å². The topological polar surface area (TPSA) is 47.6 Å². The number of halogens is 3. The maximum absolute atomic E-state index is 12.5. The van der Waals surface area contributed by atoms with Crippen LogP contribution < -0.4 is 15.5 Å². The Morgan fingerprint density at radius 2 is 1.66 bits per heavy atom. The summed E-state index contributed by atoms with van der Waals surface area (Å²) in [5, 5.41) is 7.64. The molecule has 2 N–H and O–H groups in total. The second-order valence-corrected chi connectivity index (χ2v) is 10.0. The molecule has 0 aliphatic carbocycles. The molecule has 35 heavy (non-hydrogen) atoms. The van der Waals surface area contributed by atoms with Crippen molar-refractivity contribution < 1.29 is 4.79 Å². The number of piperazine rings is 1. The highest BCUT2D eigenvalue weighted by molar-refractivity contribution is 7.80. The van der Waals surface area contributed by atoms with Crippen LogP contribution in [-0.2, 0) is 6.54 Å². The van der Waals surface area contributed by atoms with Crippen molar-refractivity contribution in [3.63, 3.8) is 0 Å². The highest BCUT2D eigenvalue weighted by Gasteiger charge is 2.20. The molecule has 1 aliphatic rings. The van der Waals surface area contributed by atoms with E-state index in [9.17, 15) is 4.79 Å². The normalized spacial score (nSPS) is 14.0. The van der Waals surface area contributed by atoms with Crippen molar-refractivity contribution >= 4 is 69.4 Å². The van der Waals surface area contributed by atoms with E-state index in [4.69, 9.17) is 47.0 Å². The third kappa shape index (κ3) is 6.66. The van der Waals surface area contributed by atoms with Crippen molar-refractivity contribution in [2.24, 2.45) is 0 Å². The van der Waals surface area contributed by atoms with Crippen molar-refractivity contribution in [3.05, 3.63) is 92.4 Å². The quantitative estimate of drug-likeness (QED) is 0.362. The zero-order valence-corrected chi connectivity index (χ0v) is 22.2. The highest BCUT2D eigenvalue weighted by atomic mass is 35.5. The first kappa shape index (κ1) is 25.7. The first-order valence-corrected chi connectivity index (χ1v) is 12.7. The SMILES string of the molecule is Cc1ccc(C(=O)NC(=S)Nc2ccc(N3CCN(Cc4ccccc4Cl)CC3)c(Cl)c2)c(Cl)c1. The number of carbonyl (C=O) groups is 1. The van der Waals surface area contributed by atoms with E-state index in [0.717, 1.165) is 54.6 Å². The summed E-state index contributed by atoms with van der Waals surface area (Å²) in [6, 6.07) is 18.9. The molecule has 1 fully saturated rings. The molecule has 0 unspecified atom stereocenters. The molecular formula is C26H25Cl3N4OS. The van der Waals surface area contributed by atoms with Crippen LogP contribution in [0.1, 0.15) is 21.5 Å².